The van der Waals surface area contributed by atoms with E-state index in [-0.39, 0.29) is 6.79 Å². The predicted molar refractivity (Wildman–Crippen MR) is 62.4 cm³/mol. The minimum atomic E-state index is -0.327. The zero-order chi connectivity index (χ0) is 11.3. The third-order valence-electron chi connectivity index (χ3n) is 2.65. The molecule has 0 heterocycles. The summed E-state index contributed by atoms with van der Waals surface area (Å²) in [5.41, 5.74) is 2.23. The quantitative estimate of drug-likeness (QED) is 0.592. The van der Waals surface area contributed by atoms with Crippen molar-refractivity contribution in [3.8, 4) is 0 Å². The van der Waals surface area contributed by atoms with Crippen LogP contribution in [0.2, 0.25) is 0 Å². The maximum absolute atomic E-state index is 8.60. The fraction of sp³-hybridized carbons (Fsp3) is 0.385. The van der Waals surface area contributed by atoms with Gasteiger partial charge in [0.15, 0.2) is 6.79 Å². The fourth-order valence-corrected chi connectivity index (χ4v) is 1.39. The van der Waals surface area contributed by atoms with Crippen LogP contribution in [0, 0.1) is 0 Å². The number of ether oxygens (including phenoxy) is 1. The van der Waals surface area contributed by atoms with Crippen LogP contribution in [0.25, 0.3) is 5.76 Å². The third kappa shape index (κ3) is 3.10. The lowest BCUT2D eigenvalue weighted by Gasteiger charge is -2.10. The van der Waals surface area contributed by atoms with E-state index >= 15 is 0 Å². The van der Waals surface area contributed by atoms with Crippen LogP contribution in [0.5, 0.6) is 0 Å². The monoisotopic (exact) mass is 206 g/mol. The average molecular weight is 206 g/mol. The third-order valence-corrected chi connectivity index (χ3v) is 2.65. The molecule has 2 nitrogen and oxygen atoms in total. The molecule has 0 radical (unpaired) electrons. The van der Waals surface area contributed by atoms with Gasteiger partial charge in [-0.1, -0.05) is 44.7 Å². The van der Waals surface area contributed by atoms with Crippen molar-refractivity contribution < 1.29 is 9.84 Å². The maximum atomic E-state index is 8.60. The second-order valence-corrected chi connectivity index (χ2v) is 3.63. The van der Waals surface area contributed by atoms with Gasteiger partial charge in [0.05, 0.1) is 0 Å². The van der Waals surface area contributed by atoms with Crippen LogP contribution in [0.4, 0.5) is 0 Å². The van der Waals surface area contributed by atoms with Crippen LogP contribution in [0.15, 0.2) is 30.8 Å². The van der Waals surface area contributed by atoms with Crippen molar-refractivity contribution in [2.75, 3.05) is 6.79 Å². The zero-order valence-electron chi connectivity index (χ0n) is 9.36. The lowest BCUT2D eigenvalue weighted by molar-refractivity contribution is 0.0753. The molecule has 1 atom stereocenters. The molecule has 0 fully saturated rings. The molecule has 0 saturated carbocycles. The first-order valence-electron chi connectivity index (χ1n) is 5.22. The van der Waals surface area contributed by atoms with Gasteiger partial charge in [0.25, 0.3) is 0 Å². The molecule has 1 aromatic carbocycles. The average Bonchev–Trinajstić information content (AvgIpc) is 2.28. The SMILES string of the molecule is C=C(OCO)c1ccc(C(C)CC)cc1. The number of hydrogen-bond acceptors (Lipinski definition) is 2. The smallest absolute Gasteiger partial charge is 0.186 e. The Kier molecular flexibility index (Phi) is 4.37. The van der Waals surface area contributed by atoms with E-state index in [1.807, 2.05) is 12.1 Å². The highest BCUT2D eigenvalue weighted by Crippen LogP contribution is 2.21. The Bertz CT molecular complexity index is 314. The first-order chi connectivity index (χ1) is 7.19. The van der Waals surface area contributed by atoms with Crippen molar-refractivity contribution >= 4 is 5.76 Å². The van der Waals surface area contributed by atoms with Gasteiger partial charge in [0.2, 0.25) is 0 Å². The van der Waals surface area contributed by atoms with Crippen molar-refractivity contribution in [1.82, 2.24) is 0 Å². The normalized spacial score (nSPS) is 12.2. The molecule has 2 heteroatoms. The molecule has 1 N–H and O–H groups in total. The second-order valence-electron chi connectivity index (χ2n) is 3.63. The highest BCUT2D eigenvalue weighted by molar-refractivity contribution is 5.57. The van der Waals surface area contributed by atoms with Gasteiger partial charge in [-0.05, 0) is 17.9 Å². The van der Waals surface area contributed by atoms with E-state index in [0.717, 1.165) is 12.0 Å². The van der Waals surface area contributed by atoms with Crippen LogP contribution >= 0.6 is 0 Å². The standard InChI is InChI=1S/C13H18O2/c1-4-10(2)12-5-7-13(8-6-12)11(3)15-9-14/h5-8,10,14H,3-4,9H2,1-2H3. The van der Waals surface area contributed by atoms with Crippen LogP contribution in [0.1, 0.15) is 37.3 Å². The minimum Gasteiger partial charge on any atom is -0.468 e. The van der Waals surface area contributed by atoms with Gasteiger partial charge >= 0.3 is 0 Å². The molecular weight excluding hydrogens is 188 g/mol. The summed E-state index contributed by atoms with van der Waals surface area (Å²) in [6.07, 6.45) is 1.13. The Morgan fingerprint density at radius 3 is 2.47 bits per heavy atom. The van der Waals surface area contributed by atoms with Gasteiger partial charge in [0, 0.05) is 5.56 Å². The zero-order valence-corrected chi connectivity index (χ0v) is 9.36. The predicted octanol–water partition coefficient (Wildman–Crippen LogP) is 3.14. The Labute approximate surface area is 91.2 Å². The Morgan fingerprint density at radius 2 is 2.00 bits per heavy atom. The molecule has 0 saturated heterocycles. The summed E-state index contributed by atoms with van der Waals surface area (Å²) in [6.45, 7) is 7.78. The van der Waals surface area contributed by atoms with Crippen molar-refractivity contribution in [2.24, 2.45) is 0 Å². The van der Waals surface area contributed by atoms with Gasteiger partial charge < -0.3 is 9.84 Å². The topological polar surface area (TPSA) is 29.5 Å². The van der Waals surface area contributed by atoms with E-state index in [1.54, 1.807) is 0 Å². The largest absolute Gasteiger partial charge is 0.468 e. The molecule has 1 unspecified atom stereocenters. The summed E-state index contributed by atoms with van der Waals surface area (Å²) in [7, 11) is 0. The van der Waals surface area contributed by atoms with E-state index in [4.69, 9.17) is 9.84 Å². The first kappa shape index (κ1) is 11.8. The van der Waals surface area contributed by atoms with E-state index < -0.39 is 0 Å². The molecule has 15 heavy (non-hydrogen) atoms. The number of hydrogen-bond donors (Lipinski definition) is 1. The van der Waals surface area contributed by atoms with Crippen molar-refractivity contribution in [1.29, 1.82) is 0 Å². The highest BCUT2D eigenvalue weighted by Gasteiger charge is 2.04. The van der Waals surface area contributed by atoms with Gasteiger partial charge in [-0.3, -0.25) is 0 Å². The highest BCUT2D eigenvalue weighted by atomic mass is 16.6. The molecule has 0 spiro atoms. The lowest BCUT2D eigenvalue weighted by Crippen LogP contribution is -1.94. The Balaban J connectivity index is 2.76. The summed E-state index contributed by atoms with van der Waals surface area (Å²) in [5.74, 6) is 1.08. The number of aliphatic hydroxyl groups is 1. The molecule has 1 aromatic rings. The minimum absolute atomic E-state index is 0.327. The van der Waals surface area contributed by atoms with Crippen LogP contribution in [-0.4, -0.2) is 11.9 Å². The Hall–Kier alpha value is -1.28. The molecule has 0 aliphatic rings. The Morgan fingerprint density at radius 1 is 1.40 bits per heavy atom. The molecular formula is C13H18O2. The van der Waals surface area contributed by atoms with E-state index in [2.05, 4.69) is 32.6 Å². The van der Waals surface area contributed by atoms with E-state index in [9.17, 15) is 0 Å². The molecule has 0 aromatic heterocycles. The molecule has 0 bridgehead atoms. The summed E-state index contributed by atoms with van der Waals surface area (Å²) < 4.78 is 4.92. The summed E-state index contributed by atoms with van der Waals surface area (Å²) >= 11 is 0. The molecule has 1 rings (SSSR count). The first-order valence-corrected chi connectivity index (χ1v) is 5.22. The van der Waals surface area contributed by atoms with Gasteiger partial charge in [0.1, 0.15) is 5.76 Å². The summed E-state index contributed by atoms with van der Waals surface area (Å²) in [5, 5.41) is 8.60. The van der Waals surface area contributed by atoms with Crippen molar-refractivity contribution in [2.45, 2.75) is 26.2 Å². The van der Waals surface area contributed by atoms with Crippen LogP contribution in [0.3, 0.4) is 0 Å². The van der Waals surface area contributed by atoms with E-state index in [0.29, 0.717) is 11.7 Å². The van der Waals surface area contributed by atoms with Gasteiger partial charge in [-0.2, -0.15) is 0 Å². The van der Waals surface area contributed by atoms with Crippen molar-refractivity contribution in [3.63, 3.8) is 0 Å². The van der Waals surface area contributed by atoms with Crippen molar-refractivity contribution in [3.05, 3.63) is 42.0 Å². The number of aliphatic hydroxyl groups excluding tert-OH is 1. The molecule has 82 valence electrons. The molecule has 0 amide bonds. The molecule has 0 aliphatic carbocycles. The van der Waals surface area contributed by atoms with E-state index in [1.165, 1.54) is 5.56 Å². The van der Waals surface area contributed by atoms with Gasteiger partial charge in [-0.25, -0.2) is 0 Å². The maximum Gasteiger partial charge on any atom is 0.186 e. The van der Waals surface area contributed by atoms with Crippen LogP contribution < -0.4 is 0 Å². The van der Waals surface area contributed by atoms with Crippen LogP contribution in [-0.2, 0) is 4.74 Å². The second kappa shape index (κ2) is 5.56. The lowest BCUT2D eigenvalue weighted by atomic mass is 9.97. The summed E-state index contributed by atoms with van der Waals surface area (Å²) in [6, 6.07) is 8.10. The van der Waals surface area contributed by atoms with Gasteiger partial charge in [-0.15, -0.1) is 0 Å². The molecule has 0 aliphatic heterocycles. The number of rotatable bonds is 5. The fourth-order valence-electron chi connectivity index (χ4n) is 1.39. The summed E-state index contributed by atoms with van der Waals surface area (Å²) in [4.78, 5) is 0. The number of benzene rings is 1.